The first-order valence-corrected chi connectivity index (χ1v) is 6.09. The van der Waals surface area contributed by atoms with Crippen molar-refractivity contribution < 1.29 is 19.0 Å². The van der Waals surface area contributed by atoms with Crippen LogP contribution in [0.25, 0.3) is 0 Å². The van der Waals surface area contributed by atoms with Crippen LogP contribution >= 0.6 is 0 Å². The molecule has 0 spiro atoms. The van der Waals surface area contributed by atoms with Crippen LogP contribution in [0.3, 0.4) is 0 Å². The fourth-order valence-electron chi connectivity index (χ4n) is 1.58. The van der Waals surface area contributed by atoms with Gasteiger partial charge in [0.05, 0.1) is 12.3 Å². The fraction of sp³-hybridized carbons (Fsp3) is 0.357. The van der Waals surface area contributed by atoms with E-state index in [0.29, 0.717) is 17.4 Å². The summed E-state index contributed by atoms with van der Waals surface area (Å²) in [6.07, 6.45) is 0. The highest BCUT2D eigenvalue weighted by molar-refractivity contribution is 5.39. The van der Waals surface area contributed by atoms with Crippen molar-refractivity contribution in [2.45, 2.75) is 20.5 Å². The lowest BCUT2D eigenvalue weighted by Crippen LogP contribution is -2.04. The zero-order chi connectivity index (χ0) is 13.7. The molecule has 0 aliphatic rings. The second-order valence-electron chi connectivity index (χ2n) is 4.06. The molecule has 1 N–H and O–H groups in total. The maximum Gasteiger partial charge on any atom is 0.232 e. The van der Waals surface area contributed by atoms with Crippen molar-refractivity contribution in [1.29, 1.82) is 0 Å². The molecular weight excluding hydrogens is 246 g/mol. The summed E-state index contributed by atoms with van der Waals surface area (Å²) < 4.78 is 16.4. The van der Waals surface area contributed by atoms with Crippen molar-refractivity contribution in [2.24, 2.45) is 0 Å². The summed E-state index contributed by atoms with van der Waals surface area (Å²) >= 11 is 0. The molecule has 2 aromatic rings. The van der Waals surface area contributed by atoms with E-state index in [1.807, 2.05) is 26.0 Å². The minimum Gasteiger partial charge on any atom is -0.487 e. The van der Waals surface area contributed by atoms with E-state index < -0.39 is 0 Å². The average molecular weight is 263 g/mol. The normalized spacial score (nSPS) is 10.5. The molecule has 0 unspecified atom stereocenters. The SMILES string of the molecule is Cc1nc(COc2ccccc2OCCO)oc1C. The Labute approximate surface area is 111 Å². The van der Waals surface area contributed by atoms with Crippen LogP contribution in [-0.4, -0.2) is 23.3 Å². The topological polar surface area (TPSA) is 64.7 Å². The fourth-order valence-corrected chi connectivity index (χ4v) is 1.58. The molecule has 0 aliphatic carbocycles. The molecule has 0 bridgehead atoms. The lowest BCUT2D eigenvalue weighted by molar-refractivity contribution is 0.189. The molecule has 0 amide bonds. The summed E-state index contributed by atoms with van der Waals surface area (Å²) in [4.78, 5) is 4.24. The first-order valence-electron chi connectivity index (χ1n) is 6.09. The molecule has 1 aromatic carbocycles. The quantitative estimate of drug-likeness (QED) is 0.865. The van der Waals surface area contributed by atoms with Crippen molar-refractivity contribution >= 4 is 0 Å². The minimum atomic E-state index is -0.0353. The number of para-hydroxylation sites is 2. The number of aliphatic hydroxyl groups excluding tert-OH is 1. The Morgan fingerprint density at radius 3 is 2.42 bits per heavy atom. The van der Waals surface area contributed by atoms with Crippen molar-refractivity contribution in [3.05, 3.63) is 41.6 Å². The molecule has 5 nitrogen and oxygen atoms in total. The van der Waals surface area contributed by atoms with E-state index in [0.717, 1.165) is 11.5 Å². The van der Waals surface area contributed by atoms with Crippen LogP contribution in [0.5, 0.6) is 11.5 Å². The van der Waals surface area contributed by atoms with Gasteiger partial charge in [-0.25, -0.2) is 4.98 Å². The molecule has 0 radical (unpaired) electrons. The van der Waals surface area contributed by atoms with E-state index in [9.17, 15) is 0 Å². The zero-order valence-corrected chi connectivity index (χ0v) is 11.0. The first kappa shape index (κ1) is 13.4. The Balaban J connectivity index is 2.02. The van der Waals surface area contributed by atoms with E-state index >= 15 is 0 Å². The maximum absolute atomic E-state index is 8.77. The van der Waals surface area contributed by atoms with Crippen LogP contribution in [0.2, 0.25) is 0 Å². The summed E-state index contributed by atoms with van der Waals surface area (Å²) in [7, 11) is 0. The number of benzene rings is 1. The van der Waals surface area contributed by atoms with E-state index in [4.69, 9.17) is 19.0 Å². The van der Waals surface area contributed by atoms with Crippen molar-refractivity contribution in [3.63, 3.8) is 0 Å². The van der Waals surface area contributed by atoms with E-state index in [2.05, 4.69) is 4.98 Å². The molecule has 5 heteroatoms. The summed E-state index contributed by atoms with van der Waals surface area (Å²) in [6, 6.07) is 7.29. The predicted octanol–water partition coefficient (Wildman–Crippen LogP) is 2.24. The Kier molecular flexibility index (Phi) is 4.41. The van der Waals surface area contributed by atoms with Gasteiger partial charge in [-0.15, -0.1) is 0 Å². The molecule has 0 saturated carbocycles. The van der Waals surface area contributed by atoms with Crippen molar-refractivity contribution in [1.82, 2.24) is 4.98 Å². The second-order valence-corrected chi connectivity index (χ2v) is 4.06. The van der Waals surface area contributed by atoms with E-state index in [1.54, 1.807) is 12.1 Å². The van der Waals surface area contributed by atoms with Gasteiger partial charge in [0.1, 0.15) is 12.4 Å². The Morgan fingerprint density at radius 1 is 1.16 bits per heavy atom. The number of nitrogens with zero attached hydrogens (tertiary/aromatic N) is 1. The smallest absolute Gasteiger partial charge is 0.232 e. The number of hydrogen-bond acceptors (Lipinski definition) is 5. The van der Waals surface area contributed by atoms with Gasteiger partial charge >= 0.3 is 0 Å². The molecule has 1 heterocycles. The second kappa shape index (κ2) is 6.24. The lowest BCUT2D eigenvalue weighted by atomic mass is 10.3. The first-order chi connectivity index (χ1) is 9.20. The van der Waals surface area contributed by atoms with Gasteiger partial charge in [0.25, 0.3) is 0 Å². The van der Waals surface area contributed by atoms with Crippen molar-refractivity contribution in [3.8, 4) is 11.5 Å². The van der Waals surface area contributed by atoms with Crippen LogP contribution in [0.1, 0.15) is 17.3 Å². The third-order valence-corrected chi connectivity index (χ3v) is 2.62. The van der Waals surface area contributed by atoms with Crippen LogP contribution in [0.15, 0.2) is 28.7 Å². The number of ether oxygens (including phenoxy) is 2. The number of aryl methyl sites for hydroxylation is 2. The van der Waals surface area contributed by atoms with Crippen molar-refractivity contribution in [2.75, 3.05) is 13.2 Å². The molecule has 2 rings (SSSR count). The van der Waals surface area contributed by atoms with Crippen LogP contribution in [0, 0.1) is 13.8 Å². The highest BCUT2D eigenvalue weighted by Gasteiger charge is 2.08. The zero-order valence-electron chi connectivity index (χ0n) is 11.0. The molecule has 0 atom stereocenters. The van der Waals surface area contributed by atoms with Gasteiger partial charge in [0.15, 0.2) is 18.1 Å². The molecule has 102 valence electrons. The molecule has 19 heavy (non-hydrogen) atoms. The molecule has 1 aromatic heterocycles. The van der Waals surface area contributed by atoms with Gasteiger partial charge in [0, 0.05) is 0 Å². The van der Waals surface area contributed by atoms with Gasteiger partial charge in [0.2, 0.25) is 5.89 Å². The molecular formula is C14H17NO4. The van der Waals surface area contributed by atoms with Crippen LogP contribution in [-0.2, 0) is 6.61 Å². The predicted molar refractivity (Wildman–Crippen MR) is 69.3 cm³/mol. The summed E-state index contributed by atoms with van der Waals surface area (Å²) in [5.41, 5.74) is 0.864. The van der Waals surface area contributed by atoms with E-state index in [-0.39, 0.29) is 19.8 Å². The van der Waals surface area contributed by atoms with Crippen LogP contribution in [0.4, 0.5) is 0 Å². The van der Waals surface area contributed by atoms with Crippen LogP contribution < -0.4 is 9.47 Å². The summed E-state index contributed by atoms with van der Waals surface area (Å²) in [6.45, 7) is 4.20. The maximum atomic E-state index is 8.77. The average Bonchev–Trinajstić information content (AvgIpc) is 2.74. The number of aromatic nitrogens is 1. The Hall–Kier alpha value is -2.01. The number of hydrogen-bond donors (Lipinski definition) is 1. The Morgan fingerprint density at radius 2 is 1.84 bits per heavy atom. The Bertz CT molecular complexity index is 516. The van der Waals surface area contributed by atoms with Gasteiger partial charge in [-0.05, 0) is 26.0 Å². The largest absolute Gasteiger partial charge is 0.487 e. The van der Waals surface area contributed by atoms with E-state index in [1.165, 1.54) is 0 Å². The van der Waals surface area contributed by atoms with Gasteiger partial charge < -0.3 is 19.0 Å². The third-order valence-electron chi connectivity index (χ3n) is 2.62. The number of rotatable bonds is 6. The molecule has 0 saturated heterocycles. The monoisotopic (exact) mass is 263 g/mol. The summed E-state index contributed by atoms with van der Waals surface area (Å²) in [5.74, 6) is 2.52. The molecule has 0 aliphatic heterocycles. The molecule has 0 fully saturated rings. The number of oxazole rings is 1. The minimum absolute atomic E-state index is 0.0353. The summed E-state index contributed by atoms with van der Waals surface area (Å²) in [5, 5.41) is 8.77. The van der Waals surface area contributed by atoms with Gasteiger partial charge in [-0.3, -0.25) is 0 Å². The van der Waals surface area contributed by atoms with Gasteiger partial charge in [-0.1, -0.05) is 12.1 Å². The van der Waals surface area contributed by atoms with Gasteiger partial charge in [-0.2, -0.15) is 0 Å². The lowest BCUT2D eigenvalue weighted by Gasteiger charge is -2.10. The highest BCUT2D eigenvalue weighted by Crippen LogP contribution is 2.27. The third kappa shape index (κ3) is 3.48. The highest BCUT2D eigenvalue weighted by atomic mass is 16.5. The standard InChI is InChI=1S/C14H17NO4/c1-10-11(2)19-14(15-10)9-18-13-6-4-3-5-12(13)17-8-7-16/h3-6,16H,7-9H2,1-2H3. The number of aliphatic hydroxyl groups is 1.